The van der Waals surface area contributed by atoms with Crippen LogP contribution in [0, 0.1) is 0 Å². The summed E-state index contributed by atoms with van der Waals surface area (Å²) in [4.78, 5) is 0. The van der Waals surface area contributed by atoms with E-state index in [1.54, 1.807) is 25.1 Å². The fourth-order valence-corrected chi connectivity index (χ4v) is 2.87. The van der Waals surface area contributed by atoms with Crippen molar-refractivity contribution in [1.82, 2.24) is 14.9 Å². The Balaban J connectivity index is 2.20. The van der Waals surface area contributed by atoms with Crippen LogP contribution >= 0.6 is 11.6 Å². The van der Waals surface area contributed by atoms with E-state index in [0.29, 0.717) is 5.02 Å². The van der Waals surface area contributed by atoms with Crippen LogP contribution in [0.25, 0.3) is 0 Å². The average molecular weight is 286 g/mol. The Kier molecular flexibility index (Phi) is 3.70. The molecule has 2 aromatic rings. The van der Waals surface area contributed by atoms with Crippen molar-refractivity contribution in [2.75, 3.05) is 0 Å². The lowest BCUT2D eigenvalue weighted by atomic mass is 10.1. The van der Waals surface area contributed by atoms with Gasteiger partial charge in [-0.05, 0) is 30.7 Å². The zero-order valence-corrected chi connectivity index (χ0v) is 11.2. The van der Waals surface area contributed by atoms with Crippen molar-refractivity contribution in [2.24, 2.45) is 0 Å². The molecule has 1 aromatic heterocycles. The van der Waals surface area contributed by atoms with Crippen molar-refractivity contribution in [3.63, 3.8) is 0 Å². The normalized spacial score (nSPS) is 13.4. The molecule has 0 aliphatic rings. The van der Waals surface area contributed by atoms with E-state index < -0.39 is 10.0 Å². The van der Waals surface area contributed by atoms with Crippen molar-refractivity contribution < 1.29 is 8.42 Å². The quantitative estimate of drug-likeness (QED) is 0.903. The fraction of sp³-hybridized carbons (Fsp3) is 0.182. The molecule has 0 saturated carbocycles. The maximum Gasteiger partial charge on any atom is 0.258 e. The van der Waals surface area contributed by atoms with Gasteiger partial charge in [-0.25, -0.2) is 13.1 Å². The molecule has 2 rings (SSSR count). The van der Waals surface area contributed by atoms with Gasteiger partial charge < -0.3 is 0 Å². The van der Waals surface area contributed by atoms with Gasteiger partial charge in [-0.2, -0.15) is 5.10 Å². The second kappa shape index (κ2) is 5.09. The monoisotopic (exact) mass is 285 g/mol. The minimum atomic E-state index is -3.59. The molecular weight excluding hydrogens is 274 g/mol. The molecule has 1 atom stereocenters. The van der Waals surface area contributed by atoms with Gasteiger partial charge in [0.25, 0.3) is 10.0 Å². The van der Waals surface area contributed by atoms with Crippen molar-refractivity contribution in [1.29, 1.82) is 0 Å². The minimum absolute atomic E-state index is 0.0383. The summed E-state index contributed by atoms with van der Waals surface area (Å²) in [5, 5.41) is 6.64. The molecule has 0 bridgehead atoms. The van der Waals surface area contributed by atoms with Gasteiger partial charge in [0.1, 0.15) is 0 Å². The maximum absolute atomic E-state index is 11.9. The number of halogens is 1. The average Bonchev–Trinajstić information content (AvgIpc) is 2.82. The van der Waals surface area contributed by atoms with E-state index in [1.165, 1.54) is 12.3 Å². The van der Waals surface area contributed by atoms with Crippen LogP contribution in [0.15, 0.2) is 41.6 Å². The van der Waals surface area contributed by atoms with Gasteiger partial charge in [0.05, 0.1) is 6.20 Å². The van der Waals surface area contributed by atoms with Gasteiger partial charge in [-0.1, -0.05) is 23.7 Å². The summed E-state index contributed by atoms with van der Waals surface area (Å²) in [6.07, 6.45) is 1.39. The third kappa shape index (κ3) is 2.90. The first kappa shape index (κ1) is 13.1. The number of nitrogens with one attached hydrogen (secondary N) is 2. The molecule has 1 unspecified atom stereocenters. The summed E-state index contributed by atoms with van der Waals surface area (Å²) >= 11 is 5.87. The molecule has 1 heterocycles. The van der Waals surface area contributed by atoms with Crippen molar-refractivity contribution in [3.05, 3.63) is 47.1 Å². The molecule has 2 N–H and O–H groups in total. The standard InChI is InChI=1S/C11H12ClN3O2S/c1-8(9-3-2-4-10(12)7-9)15-18(16,17)11-5-6-13-14-11/h2-8,15H,1H3,(H,13,14). The summed E-state index contributed by atoms with van der Waals surface area (Å²) in [7, 11) is -3.59. The molecule has 0 amide bonds. The van der Waals surface area contributed by atoms with E-state index in [1.807, 2.05) is 6.07 Å². The smallest absolute Gasteiger partial charge is 0.258 e. The topological polar surface area (TPSA) is 74.8 Å². The van der Waals surface area contributed by atoms with Crippen LogP contribution in [0.2, 0.25) is 5.02 Å². The number of H-pyrrole nitrogens is 1. The Labute approximate surface area is 110 Å². The zero-order valence-electron chi connectivity index (χ0n) is 9.59. The van der Waals surface area contributed by atoms with Crippen LogP contribution in [0.5, 0.6) is 0 Å². The molecule has 0 radical (unpaired) electrons. The lowest BCUT2D eigenvalue weighted by molar-refractivity contribution is 0.562. The largest absolute Gasteiger partial charge is 0.266 e. The number of nitrogens with zero attached hydrogens (tertiary/aromatic N) is 1. The lowest BCUT2D eigenvalue weighted by Crippen LogP contribution is -2.27. The van der Waals surface area contributed by atoms with Gasteiger partial charge in [0, 0.05) is 11.1 Å². The highest BCUT2D eigenvalue weighted by Crippen LogP contribution is 2.19. The molecule has 18 heavy (non-hydrogen) atoms. The first-order valence-electron chi connectivity index (χ1n) is 5.26. The highest BCUT2D eigenvalue weighted by Gasteiger charge is 2.19. The third-order valence-corrected chi connectivity index (χ3v) is 4.15. The highest BCUT2D eigenvalue weighted by molar-refractivity contribution is 7.89. The second-order valence-corrected chi connectivity index (χ2v) is 5.94. The van der Waals surface area contributed by atoms with E-state index in [0.717, 1.165) is 5.56 Å². The summed E-state index contributed by atoms with van der Waals surface area (Å²) < 4.78 is 26.4. The summed E-state index contributed by atoms with van der Waals surface area (Å²) in [5.74, 6) is 0. The molecule has 0 fully saturated rings. The predicted octanol–water partition coefficient (Wildman–Crippen LogP) is 2.10. The Morgan fingerprint density at radius 1 is 1.39 bits per heavy atom. The van der Waals surface area contributed by atoms with Crippen LogP contribution in [-0.4, -0.2) is 18.6 Å². The first-order chi connectivity index (χ1) is 8.49. The van der Waals surface area contributed by atoms with E-state index in [-0.39, 0.29) is 11.1 Å². The number of benzene rings is 1. The Morgan fingerprint density at radius 2 is 2.17 bits per heavy atom. The summed E-state index contributed by atoms with van der Waals surface area (Å²) in [5.41, 5.74) is 0.797. The number of aromatic amines is 1. The molecule has 0 saturated heterocycles. The fourth-order valence-electron chi connectivity index (χ4n) is 1.53. The molecular formula is C11H12ClN3O2S. The van der Waals surface area contributed by atoms with Crippen LogP contribution in [-0.2, 0) is 10.0 Å². The maximum atomic E-state index is 11.9. The molecule has 96 valence electrons. The second-order valence-electron chi connectivity index (χ2n) is 3.82. The summed E-state index contributed by atoms with van der Waals surface area (Å²) in [6.45, 7) is 1.75. The third-order valence-electron chi connectivity index (χ3n) is 2.45. The Bertz CT molecular complexity index is 625. The SMILES string of the molecule is CC(NS(=O)(=O)c1ccn[nH]1)c1cccc(Cl)c1. The Hall–Kier alpha value is -1.37. The lowest BCUT2D eigenvalue weighted by Gasteiger charge is -2.13. The zero-order chi connectivity index (χ0) is 13.2. The molecule has 1 aromatic carbocycles. The van der Waals surface area contributed by atoms with E-state index >= 15 is 0 Å². The van der Waals surface area contributed by atoms with E-state index in [9.17, 15) is 8.42 Å². The van der Waals surface area contributed by atoms with Crippen LogP contribution < -0.4 is 4.72 Å². The van der Waals surface area contributed by atoms with Gasteiger partial charge in [-0.3, -0.25) is 5.10 Å². The minimum Gasteiger partial charge on any atom is -0.266 e. The number of sulfonamides is 1. The predicted molar refractivity (Wildman–Crippen MR) is 68.8 cm³/mol. The number of aromatic nitrogens is 2. The van der Waals surface area contributed by atoms with Gasteiger partial charge in [-0.15, -0.1) is 0 Å². The van der Waals surface area contributed by atoms with E-state index in [4.69, 9.17) is 11.6 Å². The van der Waals surface area contributed by atoms with Crippen molar-refractivity contribution >= 4 is 21.6 Å². The van der Waals surface area contributed by atoms with Crippen molar-refractivity contribution in [2.45, 2.75) is 18.0 Å². The molecule has 0 aliphatic heterocycles. The highest BCUT2D eigenvalue weighted by atomic mass is 35.5. The van der Waals surface area contributed by atoms with Gasteiger partial charge in [0.15, 0.2) is 5.03 Å². The van der Waals surface area contributed by atoms with Gasteiger partial charge in [0.2, 0.25) is 0 Å². The molecule has 0 spiro atoms. The number of hydrogen-bond acceptors (Lipinski definition) is 3. The van der Waals surface area contributed by atoms with Crippen molar-refractivity contribution in [3.8, 4) is 0 Å². The molecule has 0 aliphatic carbocycles. The first-order valence-corrected chi connectivity index (χ1v) is 7.12. The van der Waals surface area contributed by atoms with Crippen LogP contribution in [0.1, 0.15) is 18.5 Å². The van der Waals surface area contributed by atoms with E-state index in [2.05, 4.69) is 14.9 Å². The van der Waals surface area contributed by atoms with Crippen LogP contribution in [0.4, 0.5) is 0 Å². The number of rotatable bonds is 4. The van der Waals surface area contributed by atoms with Crippen LogP contribution in [0.3, 0.4) is 0 Å². The number of hydrogen-bond donors (Lipinski definition) is 2. The Morgan fingerprint density at radius 3 is 2.78 bits per heavy atom. The molecule has 7 heteroatoms. The summed E-state index contributed by atoms with van der Waals surface area (Å²) in [6, 6.07) is 8.07. The van der Waals surface area contributed by atoms with Gasteiger partial charge >= 0.3 is 0 Å². The molecule has 5 nitrogen and oxygen atoms in total.